The van der Waals surface area contributed by atoms with E-state index in [1.54, 1.807) is 12.4 Å². The fraction of sp³-hybridized carbons (Fsp3) is 0.556. The minimum absolute atomic E-state index is 0.466. The second kappa shape index (κ2) is 4.50. The number of aromatic nitrogens is 2. The molecule has 1 fully saturated rings. The molecule has 1 aromatic heterocycles. The molecule has 0 amide bonds. The summed E-state index contributed by atoms with van der Waals surface area (Å²) in [6, 6.07) is 0.534. The summed E-state index contributed by atoms with van der Waals surface area (Å²) in [5.74, 6) is 3.73. The van der Waals surface area contributed by atoms with Gasteiger partial charge in [-0.15, -0.1) is 0 Å². The van der Waals surface area contributed by atoms with Crippen molar-refractivity contribution in [2.45, 2.75) is 18.9 Å². The van der Waals surface area contributed by atoms with Crippen molar-refractivity contribution in [3.05, 3.63) is 12.4 Å². The lowest BCUT2D eigenvalue weighted by atomic mass is 10.2. The molecule has 0 aliphatic carbocycles. The maximum Gasteiger partial charge on any atom is 0.144 e. The van der Waals surface area contributed by atoms with Gasteiger partial charge in [0.25, 0.3) is 0 Å². The fourth-order valence-electron chi connectivity index (χ4n) is 1.48. The Bertz CT molecular complexity index is 281. The summed E-state index contributed by atoms with van der Waals surface area (Å²) in [5.41, 5.74) is 5.45. The van der Waals surface area contributed by atoms with E-state index >= 15 is 0 Å². The molecule has 1 aliphatic heterocycles. The number of hydrogen-bond donors (Lipinski definition) is 2. The van der Waals surface area contributed by atoms with Crippen LogP contribution in [0.3, 0.4) is 0 Å². The maximum absolute atomic E-state index is 5.45. The molecule has 3 N–H and O–H groups in total. The molecule has 1 unspecified atom stereocenters. The van der Waals surface area contributed by atoms with Crippen LogP contribution < -0.4 is 11.1 Å². The molecule has 1 aliphatic rings. The molecule has 76 valence electrons. The number of nitrogens with zero attached hydrogens (tertiary/aromatic N) is 2. The normalized spacial score (nSPS) is 21.9. The summed E-state index contributed by atoms with van der Waals surface area (Å²) in [4.78, 5) is 8.16. The Morgan fingerprint density at radius 2 is 2.36 bits per heavy atom. The van der Waals surface area contributed by atoms with Crippen LogP contribution >= 0.6 is 11.8 Å². The van der Waals surface area contributed by atoms with Crippen molar-refractivity contribution in [2.75, 3.05) is 22.6 Å². The van der Waals surface area contributed by atoms with E-state index in [9.17, 15) is 0 Å². The standard InChI is InChI=1S/C9H14N4S/c10-8-4-12-9(5-11-8)13-7-2-1-3-14-6-7/h4-5,7H,1-3,6H2,(H2,10,11)(H,12,13). The lowest BCUT2D eigenvalue weighted by Gasteiger charge is -2.22. The molecule has 1 atom stereocenters. The predicted molar refractivity (Wildman–Crippen MR) is 60.4 cm³/mol. The molecule has 1 saturated heterocycles. The zero-order valence-electron chi connectivity index (χ0n) is 7.94. The van der Waals surface area contributed by atoms with E-state index in [4.69, 9.17) is 5.73 Å². The molecule has 0 spiro atoms. The molecular weight excluding hydrogens is 196 g/mol. The first-order chi connectivity index (χ1) is 6.84. The van der Waals surface area contributed by atoms with Crippen molar-refractivity contribution >= 4 is 23.4 Å². The van der Waals surface area contributed by atoms with E-state index < -0.39 is 0 Å². The van der Waals surface area contributed by atoms with Crippen molar-refractivity contribution in [2.24, 2.45) is 0 Å². The highest BCUT2D eigenvalue weighted by Gasteiger charge is 2.13. The highest BCUT2D eigenvalue weighted by Crippen LogP contribution is 2.19. The Hall–Kier alpha value is -0.970. The smallest absolute Gasteiger partial charge is 0.144 e. The third-order valence-electron chi connectivity index (χ3n) is 2.18. The predicted octanol–water partition coefficient (Wildman–Crippen LogP) is 1.37. The monoisotopic (exact) mass is 210 g/mol. The minimum atomic E-state index is 0.466. The van der Waals surface area contributed by atoms with E-state index in [0.29, 0.717) is 11.9 Å². The highest BCUT2D eigenvalue weighted by molar-refractivity contribution is 7.99. The van der Waals surface area contributed by atoms with Crippen LogP contribution in [-0.2, 0) is 0 Å². The molecule has 5 heteroatoms. The average molecular weight is 210 g/mol. The van der Waals surface area contributed by atoms with Gasteiger partial charge in [-0.25, -0.2) is 9.97 Å². The Morgan fingerprint density at radius 1 is 1.43 bits per heavy atom. The summed E-state index contributed by atoms with van der Waals surface area (Å²) >= 11 is 1.99. The number of nitrogens with one attached hydrogen (secondary N) is 1. The Morgan fingerprint density at radius 3 is 3.00 bits per heavy atom. The van der Waals surface area contributed by atoms with Crippen molar-refractivity contribution < 1.29 is 0 Å². The van der Waals surface area contributed by atoms with Gasteiger partial charge in [-0.3, -0.25) is 0 Å². The molecule has 14 heavy (non-hydrogen) atoms. The van der Waals surface area contributed by atoms with Gasteiger partial charge in [0.2, 0.25) is 0 Å². The molecule has 0 saturated carbocycles. The number of rotatable bonds is 2. The largest absolute Gasteiger partial charge is 0.382 e. The van der Waals surface area contributed by atoms with Crippen molar-refractivity contribution in [3.8, 4) is 0 Å². The van der Waals surface area contributed by atoms with Crippen LogP contribution in [0.25, 0.3) is 0 Å². The zero-order chi connectivity index (χ0) is 9.80. The summed E-state index contributed by atoms with van der Waals surface area (Å²) in [5, 5.41) is 3.36. The van der Waals surface area contributed by atoms with Crippen molar-refractivity contribution in [1.82, 2.24) is 9.97 Å². The van der Waals surface area contributed by atoms with Gasteiger partial charge in [0.1, 0.15) is 11.6 Å². The minimum Gasteiger partial charge on any atom is -0.382 e. The van der Waals surface area contributed by atoms with E-state index in [1.807, 2.05) is 11.8 Å². The Kier molecular flexibility index (Phi) is 3.08. The third kappa shape index (κ3) is 2.51. The lowest BCUT2D eigenvalue weighted by Crippen LogP contribution is -2.26. The third-order valence-corrected chi connectivity index (χ3v) is 3.40. The van der Waals surface area contributed by atoms with Gasteiger partial charge >= 0.3 is 0 Å². The number of nitrogens with two attached hydrogens (primary N) is 1. The molecular formula is C9H14N4S. The van der Waals surface area contributed by atoms with Gasteiger partial charge in [-0.1, -0.05) is 0 Å². The van der Waals surface area contributed by atoms with E-state index in [-0.39, 0.29) is 0 Å². The van der Waals surface area contributed by atoms with Gasteiger partial charge in [-0.05, 0) is 18.6 Å². The van der Waals surface area contributed by atoms with E-state index in [2.05, 4.69) is 15.3 Å². The van der Waals surface area contributed by atoms with Crippen molar-refractivity contribution in [1.29, 1.82) is 0 Å². The quantitative estimate of drug-likeness (QED) is 0.771. The van der Waals surface area contributed by atoms with E-state index in [1.165, 1.54) is 18.6 Å². The topological polar surface area (TPSA) is 63.8 Å². The van der Waals surface area contributed by atoms with Crippen LogP contribution in [0.4, 0.5) is 11.6 Å². The van der Waals surface area contributed by atoms with Gasteiger partial charge in [0.15, 0.2) is 0 Å². The Balaban J connectivity index is 1.92. The van der Waals surface area contributed by atoms with Crippen LogP contribution in [0.5, 0.6) is 0 Å². The molecule has 0 radical (unpaired) electrons. The molecule has 0 bridgehead atoms. The number of anilines is 2. The van der Waals surface area contributed by atoms with Crippen LogP contribution in [0.2, 0.25) is 0 Å². The van der Waals surface area contributed by atoms with Gasteiger partial charge in [0.05, 0.1) is 12.4 Å². The highest BCUT2D eigenvalue weighted by atomic mass is 32.2. The fourth-order valence-corrected chi connectivity index (χ4v) is 2.55. The van der Waals surface area contributed by atoms with Crippen LogP contribution in [-0.4, -0.2) is 27.5 Å². The molecule has 0 aromatic carbocycles. The number of thioether (sulfide) groups is 1. The maximum atomic E-state index is 5.45. The summed E-state index contributed by atoms with van der Waals surface area (Å²) in [6.45, 7) is 0. The first-order valence-electron chi connectivity index (χ1n) is 4.76. The van der Waals surface area contributed by atoms with Crippen LogP contribution in [0, 0.1) is 0 Å². The Labute approximate surface area is 87.7 Å². The molecule has 2 rings (SSSR count). The SMILES string of the molecule is Nc1cnc(NC2CCCSC2)cn1. The summed E-state index contributed by atoms with van der Waals surface area (Å²) in [7, 11) is 0. The summed E-state index contributed by atoms with van der Waals surface area (Å²) < 4.78 is 0. The second-order valence-electron chi connectivity index (χ2n) is 3.38. The first-order valence-corrected chi connectivity index (χ1v) is 5.92. The van der Waals surface area contributed by atoms with Gasteiger partial charge in [-0.2, -0.15) is 11.8 Å². The molecule has 1 aromatic rings. The lowest BCUT2D eigenvalue weighted by molar-refractivity contribution is 0.682. The van der Waals surface area contributed by atoms with Crippen molar-refractivity contribution in [3.63, 3.8) is 0 Å². The number of hydrogen-bond acceptors (Lipinski definition) is 5. The second-order valence-corrected chi connectivity index (χ2v) is 4.53. The van der Waals surface area contributed by atoms with E-state index in [0.717, 1.165) is 11.6 Å². The van der Waals surface area contributed by atoms with Crippen LogP contribution in [0.15, 0.2) is 12.4 Å². The number of nitrogen functional groups attached to an aromatic ring is 1. The molecule has 2 heterocycles. The van der Waals surface area contributed by atoms with Gasteiger partial charge in [0, 0.05) is 11.8 Å². The summed E-state index contributed by atoms with van der Waals surface area (Å²) in [6.07, 6.45) is 5.77. The average Bonchev–Trinajstić information content (AvgIpc) is 2.23. The first kappa shape index (κ1) is 9.58. The van der Waals surface area contributed by atoms with Gasteiger partial charge < -0.3 is 11.1 Å². The van der Waals surface area contributed by atoms with Crippen LogP contribution in [0.1, 0.15) is 12.8 Å². The molecule has 4 nitrogen and oxygen atoms in total. The zero-order valence-corrected chi connectivity index (χ0v) is 8.76.